The highest BCUT2D eigenvalue weighted by atomic mass is 32.1. The Kier molecular flexibility index (Phi) is 5.55. The SMILES string of the molecule is COc1ccsc1OC(=O)c1ccc(C(=O)Oc2sccc2OC)cc1. The van der Waals surface area contributed by atoms with E-state index in [-0.39, 0.29) is 0 Å². The molecule has 1 aromatic carbocycles. The van der Waals surface area contributed by atoms with Crippen LogP contribution >= 0.6 is 22.7 Å². The number of carbonyl (C=O) groups excluding carboxylic acids is 2. The highest BCUT2D eigenvalue weighted by Gasteiger charge is 2.16. The van der Waals surface area contributed by atoms with Gasteiger partial charge in [-0.05, 0) is 47.2 Å². The highest BCUT2D eigenvalue weighted by Crippen LogP contribution is 2.34. The van der Waals surface area contributed by atoms with Crippen molar-refractivity contribution in [3.63, 3.8) is 0 Å². The molecule has 8 heteroatoms. The van der Waals surface area contributed by atoms with Gasteiger partial charge in [-0.25, -0.2) is 9.59 Å². The number of thiophene rings is 2. The molecule has 2 aromatic heterocycles. The topological polar surface area (TPSA) is 71.1 Å². The van der Waals surface area contributed by atoms with Crippen molar-refractivity contribution in [3.05, 3.63) is 58.3 Å². The standard InChI is InChI=1S/C18H14O6S2/c1-21-13-7-9-25-17(13)23-15(19)11-3-5-12(6-4-11)16(20)24-18-14(22-2)8-10-26-18/h3-10H,1-2H3. The van der Waals surface area contributed by atoms with Gasteiger partial charge in [-0.1, -0.05) is 0 Å². The summed E-state index contributed by atoms with van der Waals surface area (Å²) in [5.74, 6) is -0.0851. The summed E-state index contributed by atoms with van der Waals surface area (Å²) in [6.07, 6.45) is 0. The van der Waals surface area contributed by atoms with Crippen molar-refractivity contribution >= 4 is 34.6 Å². The number of methoxy groups -OCH3 is 2. The summed E-state index contributed by atoms with van der Waals surface area (Å²) < 4.78 is 20.8. The van der Waals surface area contributed by atoms with E-state index in [1.165, 1.54) is 61.2 Å². The second kappa shape index (κ2) is 8.03. The minimum Gasteiger partial charge on any atom is -0.492 e. The molecule has 134 valence electrons. The van der Waals surface area contributed by atoms with E-state index in [1.807, 2.05) is 0 Å². The van der Waals surface area contributed by atoms with E-state index in [9.17, 15) is 9.59 Å². The second-order valence-electron chi connectivity index (χ2n) is 4.91. The molecule has 0 fully saturated rings. The maximum atomic E-state index is 12.2. The van der Waals surface area contributed by atoms with Gasteiger partial charge in [0.1, 0.15) is 0 Å². The maximum absolute atomic E-state index is 12.2. The number of hydrogen-bond donors (Lipinski definition) is 0. The van der Waals surface area contributed by atoms with Gasteiger partial charge in [-0.15, -0.1) is 22.7 Å². The molecule has 6 nitrogen and oxygen atoms in total. The summed E-state index contributed by atoms with van der Waals surface area (Å²) in [5, 5.41) is 4.29. The van der Waals surface area contributed by atoms with Gasteiger partial charge in [0.2, 0.25) is 10.1 Å². The number of hydrogen-bond acceptors (Lipinski definition) is 8. The lowest BCUT2D eigenvalue weighted by Gasteiger charge is -2.06. The van der Waals surface area contributed by atoms with Crippen LogP contribution in [-0.2, 0) is 0 Å². The fourth-order valence-corrected chi connectivity index (χ4v) is 3.46. The molecule has 0 saturated carbocycles. The molecule has 26 heavy (non-hydrogen) atoms. The Morgan fingerprint density at radius 1 is 0.692 bits per heavy atom. The van der Waals surface area contributed by atoms with E-state index in [0.29, 0.717) is 32.8 Å². The van der Waals surface area contributed by atoms with Crippen LogP contribution < -0.4 is 18.9 Å². The third-order valence-electron chi connectivity index (χ3n) is 3.36. The smallest absolute Gasteiger partial charge is 0.344 e. The van der Waals surface area contributed by atoms with Crippen LogP contribution in [0.15, 0.2) is 47.2 Å². The quantitative estimate of drug-likeness (QED) is 0.586. The Bertz CT molecular complexity index is 835. The first kappa shape index (κ1) is 18.0. The van der Waals surface area contributed by atoms with Gasteiger partial charge in [0.15, 0.2) is 11.5 Å². The largest absolute Gasteiger partial charge is 0.492 e. The molecule has 0 aliphatic carbocycles. The van der Waals surface area contributed by atoms with Crippen molar-refractivity contribution in [2.45, 2.75) is 0 Å². The average Bonchev–Trinajstić information content (AvgIpc) is 3.30. The molecular weight excluding hydrogens is 376 g/mol. The Hall–Kier alpha value is -2.84. The molecule has 0 aliphatic heterocycles. The van der Waals surface area contributed by atoms with E-state index in [0.717, 1.165) is 0 Å². The van der Waals surface area contributed by atoms with Crippen LogP contribution in [0.2, 0.25) is 0 Å². The zero-order chi connectivity index (χ0) is 18.5. The third kappa shape index (κ3) is 3.87. The minimum absolute atomic E-state index is 0.311. The van der Waals surface area contributed by atoms with Crippen LogP contribution in [0.5, 0.6) is 21.6 Å². The third-order valence-corrected chi connectivity index (χ3v) is 4.90. The van der Waals surface area contributed by atoms with Gasteiger partial charge in [0.05, 0.1) is 25.3 Å². The van der Waals surface area contributed by atoms with E-state index in [4.69, 9.17) is 18.9 Å². The van der Waals surface area contributed by atoms with Crippen LogP contribution in [0.1, 0.15) is 20.7 Å². The molecule has 0 atom stereocenters. The van der Waals surface area contributed by atoms with Crippen LogP contribution in [0.3, 0.4) is 0 Å². The van der Waals surface area contributed by atoms with Gasteiger partial charge in [0, 0.05) is 0 Å². The number of carbonyl (C=O) groups is 2. The Morgan fingerprint density at radius 3 is 1.42 bits per heavy atom. The molecule has 0 aliphatic rings. The fourth-order valence-electron chi connectivity index (χ4n) is 2.05. The van der Waals surface area contributed by atoms with Gasteiger partial charge in [0.25, 0.3) is 0 Å². The van der Waals surface area contributed by atoms with Crippen molar-refractivity contribution < 1.29 is 28.5 Å². The predicted octanol–water partition coefficient (Wildman–Crippen LogP) is 4.27. The van der Waals surface area contributed by atoms with Crippen molar-refractivity contribution in [2.24, 2.45) is 0 Å². The Morgan fingerprint density at radius 2 is 1.08 bits per heavy atom. The predicted molar refractivity (Wildman–Crippen MR) is 98.1 cm³/mol. The number of benzene rings is 1. The van der Waals surface area contributed by atoms with Gasteiger partial charge < -0.3 is 18.9 Å². The lowest BCUT2D eigenvalue weighted by molar-refractivity contribution is 0.0722. The minimum atomic E-state index is -0.536. The first-order chi connectivity index (χ1) is 12.6. The number of rotatable bonds is 6. The van der Waals surface area contributed by atoms with Crippen LogP contribution in [0.4, 0.5) is 0 Å². The molecule has 0 saturated heterocycles. The summed E-state index contributed by atoms with van der Waals surface area (Å²) in [4.78, 5) is 24.4. The van der Waals surface area contributed by atoms with Crippen LogP contribution in [0, 0.1) is 0 Å². The van der Waals surface area contributed by atoms with Gasteiger partial charge in [-0.3, -0.25) is 0 Å². The number of esters is 2. The molecular formula is C18H14O6S2. The van der Waals surface area contributed by atoms with Gasteiger partial charge >= 0.3 is 11.9 Å². The zero-order valence-electron chi connectivity index (χ0n) is 13.9. The fraction of sp³-hybridized carbons (Fsp3) is 0.111. The summed E-state index contributed by atoms with van der Waals surface area (Å²) in [5.41, 5.74) is 0.622. The highest BCUT2D eigenvalue weighted by molar-refractivity contribution is 7.12. The van der Waals surface area contributed by atoms with Crippen LogP contribution in [0.25, 0.3) is 0 Å². The maximum Gasteiger partial charge on any atom is 0.344 e. The van der Waals surface area contributed by atoms with E-state index in [1.54, 1.807) is 22.9 Å². The molecule has 0 N–H and O–H groups in total. The molecule has 2 heterocycles. The van der Waals surface area contributed by atoms with E-state index >= 15 is 0 Å². The molecule has 0 radical (unpaired) electrons. The molecule has 0 unspecified atom stereocenters. The lowest BCUT2D eigenvalue weighted by Crippen LogP contribution is -2.11. The summed E-state index contributed by atoms with van der Waals surface area (Å²) in [6.45, 7) is 0. The van der Waals surface area contributed by atoms with Crippen molar-refractivity contribution in [3.8, 4) is 21.6 Å². The van der Waals surface area contributed by atoms with Gasteiger partial charge in [-0.2, -0.15) is 0 Å². The lowest BCUT2D eigenvalue weighted by atomic mass is 10.1. The molecule has 0 bridgehead atoms. The Balaban J connectivity index is 1.68. The van der Waals surface area contributed by atoms with Crippen LogP contribution in [-0.4, -0.2) is 26.2 Å². The molecule has 3 rings (SSSR count). The second-order valence-corrected chi connectivity index (χ2v) is 6.67. The molecule has 3 aromatic rings. The summed E-state index contributed by atoms with van der Waals surface area (Å²) in [6, 6.07) is 9.45. The van der Waals surface area contributed by atoms with Crippen molar-refractivity contribution in [1.82, 2.24) is 0 Å². The van der Waals surface area contributed by atoms with E-state index in [2.05, 4.69) is 0 Å². The first-order valence-electron chi connectivity index (χ1n) is 7.39. The number of ether oxygens (including phenoxy) is 4. The van der Waals surface area contributed by atoms with Crippen molar-refractivity contribution in [1.29, 1.82) is 0 Å². The normalized spacial score (nSPS) is 10.2. The van der Waals surface area contributed by atoms with Crippen molar-refractivity contribution in [2.75, 3.05) is 14.2 Å². The zero-order valence-corrected chi connectivity index (χ0v) is 15.5. The Labute approximate surface area is 157 Å². The molecule has 0 spiro atoms. The molecule has 0 amide bonds. The monoisotopic (exact) mass is 390 g/mol. The average molecular weight is 390 g/mol. The summed E-state index contributed by atoms with van der Waals surface area (Å²) in [7, 11) is 3.00. The van der Waals surface area contributed by atoms with E-state index < -0.39 is 11.9 Å². The first-order valence-corrected chi connectivity index (χ1v) is 9.15. The summed E-state index contributed by atoms with van der Waals surface area (Å²) >= 11 is 2.52.